The number of benzene rings is 3. The zero-order valence-electron chi connectivity index (χ0n) is 22.9. The highest BCUT2D eigenvalue weighted by Crippen LogP contribution is 2.43. The van der Waals surface area contributed by atoms with Gasteiger partial charge in [-0.25, -0.2) is 0 Å². The predicted molar refractivity (Wildman–Crippen MR) is 150 cm³/mol. The molecule has 0 aromatic heterocycles. The van der Waals surface area contributed by atoms with Crippen LogP contribution in [-0.4, -0.2) is 36.5 Å². The van der Waals surface area contributed by atoms with Crippen molar-refractivity contribution >= 4 is 29.1 Å². The van der Waals surface area contributed by atoms with Gasteiger partial charge in [0.2, 0.25) is 0 Å². The van der Waals surface area contributed by atoms with E-state index < -0.39 is 17.7 Å². The molecule has 0 saturated carbocycles. The monoisotopic (exact) mass is 527 g/mol. The quantitative estimate of drug-likeness (QED) is 0.171. The van der Waals surface area contributed by atoms with Crippen LogP contribution in [0.5, 0.6) is 5.75 Å². The first-order chi connectivity index (χ1) is 18.7. The van der Waals surface area contributed by atoms with Gasteiger partial charge >= 0.3 is 5.97 Å². The molecule has 0 radical (unpaired) electrons. The van der Waals surface area contributed by atoms with Crippen LogP contribution in [0.4, 0.5) is 5.69 Å². The van der Waals surface area contributed by atoms with Gasteiger partial charge in [0.15, 0.2) is 0 Å². The number of aryl methyl sites for hydroxylation is 1. The Kier molecular flexibility index (Phi) is 8.19. The van der Waals surface area contributed by atoms with Crippen molar-refractivity contribution < 1.29 is 29.0 Å². The van der Waals surface area contributed by atoms with Gasteiger partial charge < -0.3 is 14.6 Å². The van der Waals surface area contributed by atoms with E-state index in [0.717, 1.165) is 11.1 Å². The van der Waals surface area contributed by atoms with Gasteiger partial charge in [-0.15, -0.1) is 0 Å². The molecule has 1 fully saturated rings. The summed E-state index contributed by atoms with van der Waals surface area (Å²) >= 11 is 0. The number of aliphatic hydroxyl groups is 1. The molecule has 3 aromatic rings. The Morgan fingerprint density at radius 1 is 1.03 bits per heavy atom. The molecule has 7 heteroatoms. The summed E-state index contributed by atoms with van der Waals surface area (Å²) in [6.07, 6.45) is 0.0901. The first-order valence-corrected chi connectivity index (χ1v) is 13.0. The molecule has 202 valence electrons. The molecule has 0 bridgehead atoms. The maximum Gasteiger partial charge on any atom is 0.309 e. The summed E-state index contributed by atoms with van der Waals surface area (Å²) in [5, 5.41) is 11.6. The minimum absolute atomic E-state index is 0.0168. The van der Waals surface area contributed by atoms with Gasteiger partial charge in [-0.05, 0) is 66.8 Å². The third-order valence-corrected chi connectivity index (χ3v) is 6.80. The Morgan fingerprint density at radius 2 is 1.74 bits per heavy atom. The van der Waals surface area contributed by atoms with E-state index in [-0.39, 0.29) is 29.6 Å². The number of rotatable bonds is 8. The molecule has 4 rings (SSSR count). The van der Waals surface area contributed by atoms with Crippen LogP contribution in [0, 0.1) is 6.92 Å². The van der Waals surface area contributed by atoms with Gasteiger partial charge in [0.1, 0.15) is 11.5 Å². The van der Waals surface area contributed by atoms with Crippen LogP contribution in [0.3, 0.4) is 0 Å². The fourth-order valence-corrected chi connectivity index (χ4v) is 4.86. The Hall–Kier alpha value is -4.39. The molecule has 0 spiro atoms. The Bertz CT molecular complexity index is 1440. The fourth-order valence-electron chi connectivity index (χ4n) is 4.86. The zero-order valence-corrected chi connectivity index (χ0v) is 22.9. The Labute approximate surface area is 228 Å². The maximum absolute atomic E-state index is 13.5. The van der Waals surface area contributed by atoms with E-state index in [1.54, 1.807) is 36.4 Å². The van der Waals surface area contributed by atoms with Crippen molar-refractivity contribution in [2.45, 2.75) is 46.1 Å². The summed E-state index contributed by atoms with van der Waals surface area (Å²) in [5.41, 5.74) is 4.19. The number of hydrogen-bond donors (Lipinski definition) is 1. The number of esters is 1. The minimum atomic E-state index is -0.842. The highest BCUT2D eigenvalue weighted by molar-refractivity contribution is 6.51. The van der Waals surface area contributed by atoms with Crippen molar-refractivity contribution in [2.75, 3.05) is 18.6 Å². The lowest BCUT2D eigenvalue weighted by Gasteiger charge is -2.26. The highest BCUT2D eigenvalue weighted by atomic mass is 16.5. The van der Waals surface area contributed by atoms with Gasteiger partial charge in [0.05, 0.1) is 31.8 Å². The fraction of sp³-hybridized carbons (Fsp3) is 0.281. The third kappa shape index (κ3) is 5.58. The Morgan fingerprint density at radius 3 is 2.36 bits per heavy atom. The molecule has 1 heterocycles. The van der Waals surface area contributed by atoms with E-state index >= 15 is 0 Å². The number of nitrogens with zero attached hydrogens (tertiary/aromatic N) is 1. The largest absolute Gasteiger partial charge is 0.507 e. The number of ketones is 1. The van der Waals surface area contributed by atoms with Crippen LogP contribution in [0.2, 0.25) is 0 Å². The smallest absolute Gasteiger partial charge is 0.309 e. The highest BCUT2D eigenvalue weighted by Gasteiger charge is 2.47. The summed E-state index contributed by atoms with van der Waals surface area (Å²) < 4.78 is 10.5. The van der Waals surface area contributed by atoms with Crippen LogP contribution < -0.4 is 9.64 Å². The number of methoxy groups -OCH3 is 1. The second kappa shape index (κ2) is 11.6. The molecule has 1 atom stereocenters. The molecular formula is C32H33NO6. The predicted octanol–water partition coefficient (Wildman–Crippen LogP) is 5.86. The summed E-state index contributed by atoms with van der Waals surface area (Å²) in [6, 6.07) is 18.8. The number of aliphatic hydroxyl groups excluding tert-OH is 1. The van der Waals surface area contributed by atoms with Gasteiger partial charge in [-0.3, -0.25) is 19.3 Å². The van der Waals surface area contributed by atoms with E-state index in [0.29, 0.717) is 34.7 Å². The number of carbonyl (C=O) groups excluding carboxylic acids is 3. The van der Waals surface area contributed by atoms with Crippen molar-refractivity contribution in [3.63, 3.8) is 0 Å². The molecule has 1 unspecified atom stereocenters. The van der Waals surface area contributed by atoms with Crippen LogP contribution >= 0.6 is 0 Å². The van der Waals surface area contributed by atoms with Crippen molar-refractivity contribution in [3.05, 3.63) is 100 Å². The Balaban J connectivity index is 1.87. The number of hydrogen-bond acceptors (Lipinski definition) is 6. The lowest BCUT2D eigenvalue weighted by molar-refractivity contribution is -0.139. The second-order valence-corrected chi connectivity index (χ2v) is 9.84. The number of ether oxygens (including phenoxy) is 2. The minimum Gasteiger partial charge on any atom is -0.507 e. The maximum atomic E-state index is 13.5. The molecule has 0 aliphatic carbocycles. The molecule has 3 aromatic carbocycles. The van der Waals surface area contributed by atoms with Gasteiger partial charge in [-0.1, -0.05) is 55.8 Å². The molecule has 1 amide bonds. The van der Waals surface area contributed by atoms with Crippen molar-refractivity contribution in [2.24, 2.45) is 0 Å². The first kappa shape index (κ1) is 27.6. The summed E-state index contributed by atoms with van der Waals surface area (Å²) in [6.45, 7) is 8.39. The van der Waals surface area contributed by atoms with E-state index in [1.807, 2.05) is 58.0 Å². The van der Waals surface area contributed by atoms with Crippen LogP contribution in [0.15, 0.2) is 72.3 Å². The molecule has 7 nitrogen and oxygen atoms in total. The lowest BCUT2D eigenvalue weighted by atomic mass is 9.92. The van der Waals surface area contributed by atoms with Crippen molar-refractivity contribution in [3.8, 4) is 5.75 Å². The molecule has 1 saturated heterocycles. The average molecular weight is 528 g/mol. The number of Topliss-reactive ketones (excluding diaryl/α,β-unsaturated/α-hetero) is 1. The topological polar surface area (TPSA) is 93.1 Å². The van der Waals surface area contributed by atoms with E-state index in [1.165, 1.54) is 12.0 Å². The number of amides is 1. The van der Waals surface area contributed by atoms with Gasteiger partial charge in [-0.2, -0.15) is 0 Å². The number of anilines is 1. The summed E-state index contributed by atoms with van der Waals surface area (Å²) in [4.78, 5) is 40.1. The SMILES string of the molecule is CCOc1ccc(/C(O)=C2/C(=O)C(=O)N(c3ccc(CC(=O)OC)cc3)C2c2cccc(C)c2)cc1C(C)C. The molecule has 39 heavy (non-hydrogen) atoms. The summed E-state index contributed by atoms with van der Waals surface area (Å²) in [7, 11) is 1.33. The molecule has 1 aliphatic rings. The summed E-state index contributed by atoms with van der Waals surface area (Å²) in [5.74, 6) is -1.30. The van der Waals surface area contributed by atoms with E-state index in [2.05, 4.69) is 0 Å². The average Bonchev–Trinajstić information content (AvgIpc) is 3.19. The normalized spacial score (nSPS) is 16.6. The van der Waals surface area contributed by atoms with Crippen molar-refractivity contribution in [1.82, 2.24) is 0 Å². The molecule has 1 aliphatic heterocycles. The first-order valence-electron chi connectivity index (χ1n) is 13.0. The second-order valence-electron chi connectivity index (χ2n) is 9.84. The lowest BCUT2D eigenvalue weighted by Crippen LogP contribution is -2.29. The van der Waals surface area contributed by atoms with Crippen LogP contribution in [0.1, 0.15) is 60.5 Å². The van der Waals surface area contributed by atoms with Gasteiger partial charge in [0.25, 0.3) is 11.7 Å². The van der Waals surface area contributed by atoms with Gasteiger partial charge in [0, 0.05) is 11.3 Å². The molecule has 1 N–H and O–H groups in total. The molecular weight excluding hydrogens is 494 g/mol. The van der Waals surface area contributed by atoms with Crippen molar-refractivity contribution in [1.29, 1.82) is 0 Å². The number of carbonyl (C=O) groups is 3. The van der Waals surface area contributed by atoms with E-state index in [4.69, 9.17) is 9.47 Å². The zero-order chi connectivity index (χ0) is 28.3. The van der Waals surface area contributed by atoms with Crippen LogP contribution in [-0.2, 0) is 25.5 Å². The van der Waals surface area contributed by atoms with Crippen LogP contribution in [0.25, 0.3) is 5.76 Å². The third-order valence-electron chi connectivity index (χ3n) is 6.80. The standard InChI is InChI=1S/C32H33NO6/c1-6-39-26-15-12-23(18-25(26)19(2)3)30(35)28-29(22-9-7-8-20(4)16-22)33(32(37)31(28)36)24-13-10-21(11-14-24)17-27(34)38-5/h7-16,18-19,29,35H,6,17H2,1-5H3/b30-28-. The van der Waals surface area contributed by atoms with E-state index in [9.17, 15) is 19.5 Å².